The van der Waals surface area contributed by atoms with E-state index in [2.05, 4.69) is 54.3 Å². The van der Waals surface area contributed by atoms with Gasteiger partial charge in [-0.05, 0) is 57.8 Å². The van der Waals surface area contributed by atoms with Crippen molar-refractivity contribution in [3.05, 3.63) is 71.8 Å². The summed E-state index contributed by atoms with van der Waals surface area (Å²) in [6, 6.07) is 20.7. The van der Waals surface area contributed by atoms with Crippen LogP contribution in [0.15, 0.2) is 60.7 Å². The molecule has 0 radical (unpaired) electrons. The largest absolute Gasteiger partial charge is 0.444 e. The number of carbonyl (C=O) groups is 1. The third-order valence-corrected chi connectivity index (χ3v) is 4.72. The Hall–Kier alpha value is -2.33. The zero-order valence-electron chi connectivity index (χ0n) is 18.4. The van der Waals surface area contributed by atoms with Crippen LogP contribution in [0.2, 0.25) is 0 Å². The summed E-state index contributed by atoms with van der Waals surface area (Å²) >= 11 is 0. The first kappa shape index (κ1) is 23.0. The maximum atomic E-state index is 12.7. The van der Waals surface area contributed by atoms with Crippen molar-refractivity contribution in [2.24, 2.45) is 0 Å². The number of ether oxygens (including phenoxy) is 1. The fourth-order valence-corrected chi connectivity index (χ4v) is 3.19. The standard InChI is InChI=1S/C25H36N2O2/c1-5-26(20-22-14-8-6-9-15-22)18-12-13-19-27(24(28)29-25(2,3)4)21-23-16-10-7-11-17-23/h6-11,14-17H,5,12-13,18-21H2,1-4H3. The molecule has 0 aliphatic carbocycles. The van der Waals surface area contributed by atoms with Gasteiger partial charge < -0.3 is 9.64 Å². The maximum Gasteiger partial charge on any atom is 0.410 e. The molecule has 0 N–H and O–H groups in total. The van der Waals surface area contributed by atoms with Crippen LogP contribution in [-0.4, -0.2) is 41.1 Å². The topological polar surface area (TPSA) is 32.8 Å². The van der Waals surface area contributed by atoms with Crippen LogP contribution in [0.25, 0.3) is 0 Å². The van der Waals surface area contributed by atoms with Crippen LogP contribution in [0.5, 0.6) is 0 Å². The molecule has 0 atom stereocenters. The molecule has 0 heterocycles. The van der Waals surface area contributed by atoms with Crippen LogP contribution in [-0.2, 0) is 17.8 Å². The van der Waals surface area contributed by atoms with E-state index in [-0.39, 0.29) is 6.09 Å². The van der Waals surface area contributed by atoms with Gasteiger partial charge in [-0.25, -0.2) is 4.79 Å². The van der Waals surface area contributed by atoms with Gasteiger partial charge in [0.25, 0.3) is 0 Å². The normalized spacial score (nSPS) is 11.5. The quantitative estimate of drug-likeness (QED) is 0.481. The third-order valence-electron chi connectivity index (χ3n) is 4.72. The van der Waals surface area contributed by atoms with Gasteiger partial charge in [0.15, 0.2) is 0 Å². The highest BCUT2D eigenvalue weighted by molar-refractivity contribution is 5.68. The van der Waals surface area contributed by atoms with Crippen molar-refractivity contribution in [3.63, 3.8) is 0 Å². The van der Waals surface area contributed by atoms with Crippen LogP contribution in [0, 0.1) is 0 Å². The molecule has 0 saturated heterocycles. The number of hydrogen-bond acceptors (Lipinski definition) is 3. The summed E-state index contributed by atoms with van der Waals surface area (Å²) in [6.45, 7) is 12.2. The minimum atomic E-state index is -0.485. The molecule has 0 fully saturated rings. The van der Waals surface area contributed by atoms with Crippen molar-refractivity contribution < 1.29 is 9.53 Å². The molecule has 4 nitrogen and oxygen atoms in total. The molecule has 0 bridgehead atoms. The second-order valence-corrected chi connectivity index (χ2v) is 8.45. The molecule has 4 heteroatoms. The van der Waals surface area contributed by atoms with Gasteiger partial charge >= 0.3 is 6.09 Å². The predicted octanol–water partition coefficient (Wildman–Crippen LogP) is 5.73. The molecule has 2 aromatic carbocycles. The molecule has 1 amide bonds. The van der Waals surface area contributed by atoms with Gasteiger partial charge in [0.05, 0.1) is 0 Å². The lowest BCUT2D eigenvalue weighted by molar-refractivity contribution is 0.0229. The van der Waals surface area contributed by atoms with Gasteiger partial charge in [-0.15, -0.1) is 0 Å². The molecule has 0 unspecified atom stereocenters. The van der Waals surface area contributed by atoms with Crippen LogP contribution in [0.3, 0.4) is 0 Å². The number of unbranched alkanes of at least 4 members (excludes halogenated alkanes) is 1. The average molecular weight is 397 g/mol. The molecule has 2 rings (SSSR count). The molecular formula is C25H36N2O2. The number of benzene rings is 2. The first-order chi connectivity index (χ1) is 13.9. The van der Waals surface area contributed by atoms with E-state index >= 15 is 0 Å². The molecule has 0 spiro atoms. The average Bonchev–Trinajstić information content (AvgIpc) is 2.69. The smallest absolute Gasteiger partial charge is 0.410 e. The lowest BCUT2D eigenvalue weighted by Crippen LogP contribution is -2.37. The van der Waals surface area contributed by atoms with Crippen molar-refractivity contribution in [1.29, 1.82) is 0 Å². The molecule has 0 aliphatic heterocycles. The van der Waals surface area contributed by atoms with Crippen LogP contribution in [0.1, 0.15) is 51.7 Å². The highest BCUT2D eigenvalue weighted by Gasteiger charge is 2.22. The van der Waals surface area contributed by atoms with Crippen molar-refractivity contribution in [3.8, 4) is 0 Å². The molecular weight excluding hydrogens is 360 g/mol. The van der Waals surface area contributed by atoms with Gasteiger partial charge in [0, 0.05) is 19.6 Å². The first-order valence-corrected chi connectivity index (χ1v) is 10.7. The van der Waals surface area contributed by atoms with Crippen molar-refractivity contribution in [2.45, 2.75) is 59.2 Å². The summed E-state index contributed by atoms with van der Waals surface area (Å²) in [7, 11) is 0. The van der Waals surface area contributed by atoms with Crippen LogP contribution < -0.4 is 0 Å². The summed E-state index contributed by atoms with van der Waals surface area (Å²) in [5.74, 6) is 0. The van der Waals surface area contributed by atoms with Crippen molar-refractivity contribution >= 4 is 6.09 Å². The van der Waals surface area contributed by atoms with Gasteiger partial charge in [-0.1, -0.05) is 67.6 Å². The highest BCUT2D eigenvalue weighted by Crippen LogP contribution is 2.14. The van der Waals surface area contributed by atoms with E-state index in [9.17, 15) is 4.79 Å². The van der Waals surface area contributed by atoms with Crippen LogP contribution in [0.4, 0.5) is 4.79 Å². The SMILES string of the molecule is CCN(CCCCN(Cc1ccccc1)C(=O)OC(C)(C)C)Cc1ccccc1. The third kappa shape index (κ3) is 9.14. The van der Waals surface area contributed by atoms with E-state index in [4.69, 9.17) is 4.74 Å². The Balaban J connectivity index is 1.86. The minimum Gasteiger partial charge on any atom is -0.444 e. The monoisotopic (exact) mass is 396 g/mol. The number of amides is 1. The molecule has 0 aliphatic rings. The second kappa shape index (κ2) is 11.6. The number of hydrogen-bond donors (Lipinski definition) is 0. The molecule has 158 valence electrons. The lowest BCUT2D eigenvalue weighted by atomic mass is 10.2. The summed E-state index contributed by atoms with van der Waals surface area (Å²) in [5.41, 5.74) is 1.98. The Morgan fingerprint density at radius 1 is 0.828 bits per heavy atom. The summed E-state index contributed by atoms with van der Waals surface area (Å²) < 4.78 is 5.63. The Morgan fingerprint density at radius 2 is 1.34 bits per heavy atom. The Kier molecular flexibility index (Phi) is 9.20. The maximum absolute atomic E-state index is 12.7. The fraction of sp³-hybridized carbons (Fsp3) is 0.480. The van der Waals surface area contributed by atoms with E-state index in [0.717, 1.165) is 38.0 Å². The van der Waals surface area contributed by atoms with Crippen molar-refractivity contribution in [2.75, 3.05) is 19.6 Å². The minimum absolute atomic E-state index is 0.238. The number of rotatable bonds is 10. The van der Waals surface area contributed by atoms with Gasteiger partial charge in [0.1, 0.15) is 5.60 Å². The Labute approximate surface area is 176 Å². The summed E-state index contributed by atoms with van der Waals surface area (Å²) in [6.07, 6.45) is 1.77. The van der Waals surface area contributed by atoms with Crippen molar-refractivity contribution in [1.82, 2.24) is 9.80 Å². The summed E-state index contributed by atoms with van der Waals surface area (Å²) in [5, 5.41) is 0. The van der Waals surface area contributed by atoms with E-state index in [1.807, 2.05) is 43.9 Å². The van der Waals surface area contributed by atoms with E-state index in [1.165, 1.54) is 5.56 Å². The van der Waals surface area contributed by atoms with Crippen LogP contribution >= 0.6 is 0 Å². The lowest BCUT2D eigenvalue weighted by Gasteiger charge is -2.28. The second-order valence-electron chi connectivity index (χ2n) is 8.45. The molecule has 29 heavy (non-hydrogen) atoms. The molecule has 2 aromatic rings. The predicted molar refractivity (Wildman–Crippen MR) is 120 cm³/mol. The van der Waals surface area contributed by atoms with Gasteiger partial charge in [-0.2, -0.15) is 0 Å². The van der Waals surface area contributed by atoms with E-state index in [1.54, 1.807) is 0 Å². The Morgan fingerprint density at radius 3 is 1.86 bits per heavy atom. The number of nitrogens with zero attached hydrogens (tertiary/aromatic N) is 2. The fourth-order valence-electron chi connectivity index (χ4n) is 3.19. The summed E-state index contributed by atoms with van der Waals surface area (Å²) in [4.78, 5) is 17.0. The van der Waals surface area contributed by atoms with E-state index < -0.39 is 5.60 Å². The first-order valence-electron chi connectivity index (χ1n) is 10.7. The highest BCUT2D eigenvalue weighted by atomic mass is 16.6. The number of carbonyl (C=O) groups excluding carboxylic acids is 1. The molecule has 0 saturated carbocycles. The zero-order chi connectivity index (χ0) is 21.1. The molecule has 0 aromatic heterocycles. The van der Waals surface area contributed by atoms with Gasteiger partial charge in [-0.3, -0.25) is 4.90 Å². The van der Waals surface area contributed by atoms with Gasteiger partial charge in [0.2, 0.25) is 0 Å². The van der Waals surface area contributed by atoms with E-state index in [0.29, 0.717) is 13.1 Å². The zero-order valence-corrected chi connectivity index (χ0v) is 18.4. The Bertz CT molecular complexity index is 711.